The van der Waals surface area contributed by atoms with Gasteiger partial charge < -0.3 is 9.47 Å². The van der Waals surface area contributed by atoms with Gasteiger partial charge in [0.2, 0.25) is 0 Å². The van der Waals surface area contributed by atoms with E-state index in [2.05, 4.69) is 40.8 Å². The maximum Gasteiger partial charge on any atom is 0.328 e. The number of hydrogen-bond acceptors (Lipinski definition) is 5. The Morgan fingerprint density at radius 1 is 0.966 bits per heavy atom. The number of urea groups is 1. The normalized spacial score (nSPS) is 13.7. The topological polar surface area (TPSA) is 93.7 Å². The summed E-state index contributed by atoms with van der Waals surface area (Å²) in [6.07, 6.45) is 1.40. The smallest absolute Gasteiger partial charge is 0.328 e. The van der Waals surface area contributed by atoms with Crippen molar-refractivity contribution in [2.45, 2.75) is 20.5 Å². The molecule has 0 atom stereocenters. The summed E-state index contributed by atoms with van der Waals surface area (Å²) < 4.78 is 12.2. The zero-order valence-corrected chi connectivity index (χ0v) is 18.2. The highest BCUT2D eigenvalue weighted by Gasteiger charge is 2.27. The number of methoxy groups -OCH3 is 1. The van der Waals surface area contributed by atoms with Crippen molar-refractivity contribution in [3.8, 4) is 11.5 Å². The Kier molecular flexibility index (Phi) is 6.21. The highest BCUT2D eigenvalue weighted by molar-refractivity contribution is 14.1. The molecule has 0 bridgehead atoms. The average molecular weight is 506 g/mol. The van der Waals surface area contributed by atoms with Gasteiger partial charge in [0.15, 0.2) is 11.5 Å². The van der Waals surface area contributed by atoms with Gasteiger partial charge in [-0.25, -0.2) is 4.79 Å². The van der Waals surface area contributed by atoms with Crippen molar-refractivity contribution in [2.75, 3.05) is 7.11 Å². The second kappa shape index (κ2) is 8.64. The van der Waals surface area contributed by atoms with E-state index in [4.69, 9.17) is 9.47 Å². The summed E-state index contributed by atoms with van der Waals surface area (Å²) in [6.45, 7) is 4.45. The first-order valence-corrected chi connectivity index (χ1v) is 9.80. The molecule has 1 aliphatic heterocycles. The Bertz CT molecular complexity index is 1000. The average Bonchev–Trinajstić information content (AvgIpc) is 2.62. The molecule has 4 amide bonds. The predicted octanol–water partition coefficient (Wildman–Crippen LogP) is 3.25. The standard InChI is InChI=1S/C21H19IN2O5/c1-11-4-12(2)6-14(5-11)10-29-18-16(22)8-13(9-17(18)28-3)7-15-19(25)23-21(27)24-20(15)26/h4-9H,10H2,1-3H3,(H2,23,24,25,26,27). The van der Waals surface area contributed by atoms with Gasteiger partial charge in [-0.05, 0) is 65.8 Å². The van der Waals surface area contributed by atoms with Gasteiger partial charge in [-0.15, -0.1) is 0 Å². The van der Waals surface area contributed by atoms with E-state index >= 15 is 0 Å². The van der Waals surface area contributed by atoms with Crippen LogP contribution in [0.15, 0.2) is 35.9 Å². The Labute approximate surface area is 181 Å². The van der Waals surface area contributed by atoms with E-state index in [0.717, 1.165) is 20.3 Å². The van der Waals surface area contributed by atoms with Crippen LogP contribution in [0.2, 0.25) is 0 Å². The lowest BCUT2D eigenvalue weighted by Gasteiger charge is -2.16. The van der Waals surface area contributed by atoms with Gasteiger partial charge in [0.25, 0.3) is 11.8 Å². The summed E-state index contributed by atoms with van der Waals surface area (Å²) in [4.78, 5) is 35.0. The molecule has 2 N–H and O–H groups in total. The minimum atomic E-state index is -0.834. The number of aryl methyl sites for hydroxylation is 2. The molecular weight excluding hydrogens is 487 g/mol. The maximum atomic E-state index is 11.9. The van der Waals surface area contributed by atoms with Gasteiger partial charge in [0.1, 0.15) is 12.2 Å². The van der Waals surface area contributed by atoms with E-state index in [-0.39, 0.29) is 5.57 Å². The van der Waals surface area contributed by atoms with E-state index in [9.17, 15) is 14.4 Å². The molecule has 3 rings (SSSR count). The van der Waals surface area contributed by atoms with Crippen LogP contribution < -0.4 is 20.1 Å². The molecule has 0 spiro atoms. The quantitative estimate of drug-likeness (QED) is 0.369. The minimum absolute atomic E-state index is 0.161. The molecule has 0 saturated carbocycles. The minimum Gasteiger partial charge on any atom is -0.493 e. The van der Waals surface area contributed by atoms with Crippen LogP contribution in [0.3, 0.4) is 0 Å². The summed E-state index contributed by atoms with van der Waals surface area (Å²) in [7, 11) is 1.52. The first-order chi connectivity index (χ1) is 13.8. The number of rotatable bonds is 5. The van der Waals surface area contributed by atoms with E-state index in [1.807, 2.05) is 24.5 Å². The fraction of sp³-hybridized carbons (Fsp3) is 0.190. The summed E-state index contributed by atoms with van der Waals surface area (Å²) in [5, 5.41) is 4.09. The third-order valence-corrected chi connectivity index (χ3v) is 4.97. The number of amides is 4. The zero-order valence-electron chi connectivity index (χ0n) is 16.1. The van der Waals surface area contributed by atoms with Gasteiger partial charge in [0, 0.05) is 0 Å². The van der Waals surface area contributed by atoms with Crippen molar-refractivity contribution in [1.29, 1.82) is 0 Å². The van der Waals surface area contributed by atoms with Crippen molar-refractivity contribution in [1.82, 2.24) is 10.6 Å². The number of carbonyl (C=O) groups is 3. The lowest BCUT2D eigenvalue weighted by atomic mass is 10.1. The molecule has 2 aromatic carbocycles. The van der Waals surface area contributed by atoms with Crippen molar-refractivity contribution >= 4 is 46.5 Å². The van der Waals surface area contributed by atoms with Crippen LogP contribution >= 0.6 is 22.6 Å². The zero-order chi connectivity index (χ0) is 21.1. The third kappa shape index (κ3) is 4.94. The molecule has 0 radical (unpaired) electrons. The summed E-state index contributed by atoms with van der Waals surface area (Å²) in [6, 6.07) is 8.83. The first-order valence-electron chi connectivity index (χ1n) is 8.72. The molecule has 7 nitrogen and oxygen atoms in total. The molecule has 1 aliphatic rings. The van der Waals surface area contributed by atoms with Crippen LogP contribution in [-0.2, 0) is 16.2 Å². The Balaban J connectivity index is 1.87. The van der Waals surface area contributed by atoms with Gasteiger partial charge in [-0.3, -0.25) is 20.2 Å². The summed E-state index contributed by atoms with van der Waals surface area (Å²) >= 11 is 2.11. The largest absolute Gasteiger partial charge is 0.493 e. The van der Waals surface area contributed by atoms with Gasteiger partial charge in [0.05, 0.1) is 10.7 Å². The molecule has 1 fully saturated rings. The second-order valence-electron chi connectivity index (χ2n) is 6.61. The number of barbiturate groups is 1. The molecule has 8 heteroatoms. The Morgan fingerprint density at radius 2 is 1.59 bits per heavy atom. The monoisotopic (exact) mass is 506 g/mol. The summed E-state index contributed by atoms with van der Waals surface area (Å²) in [5.74, 6) is -0.450. The van der Waals surface area contributed by atoms with Crippen LogP contribution in [0.5, 0.6) is 11.5 Å². The highest BCUT2D eigenvalue weighted by Crippen LogP contribution is 2.35. The number of nitrogens with one attached hydrogen (secondary N) is 2. The molecular formula is C21H19IN2O5. The van der Waals surface area contributed by atoms with Crippen LogP contribution in [0, 0.1) is 17.4 Å². The number of hydrogen-bond donors (Lipinski definition) is 2. The van der Waals surface area contributed by atoms with Gasteiger partial charge >= 0.3 is 6.03 Å². The molecule has 1 saturated heterocycles. The number of ether oxygens (including phenoxy) is 2. The predicted molar refractivity (Wildman–Crippen MR) is 116 cm³/mol. The number of carbonyl (C=O) groups excluding carboxylic acids is 3. The molecule has 2 aromatic rings. The Hall–Kier alpha value is -2.88. The Morgan fingerprint density at radius 3 is 2.17 bits per heavy atom. The first kappa shape index (κ1) is 20.8. The van der Waals surface area contributed by atoms with E-state index in [1.54, 1.807) is 12.1 Å². The van der Waals surface area contributed by atoms with Crippen LogP contribution in [-0.4, -0.2) is 25.0 Å². The molecule has 150 valence electrons. The maximum absolute atomic E-state index is 11.9. The molecule has 0 unspecified atom stereocenters. The molecule has 0 aromatic heterocycles. The van der Waals surface area contributed by atoms with Crippen molar-refractivity contribution in [2.24, 2.45) is 0 Å². The van der Waals surface area contributed by atoms with E-state index in [0.29, 0.717) is 23.7 Å². The molecule has 1 heterocycles. The van der Waals surface area contributed by atoms with Gasteiger partial charge in [-0.1, -0.05) is 29.3 Å². The second-order valence-corrected chi connectivity index (χ2v) is 7.78. The molecule has 29 heavy (non-hydrogen) atoms. The van der Waals surface area contributed by atoms with Crippen molar-refractivity contribution < 1.29 is 23.9 Å². The summed E-state index contributed by atoms with van der Waals surface area (Å²) in [5.41, 5.74) is 3.78. The lowest BCUT2D eigenvalue weighted by molar-refractivity contribution is -0.123. The van der Waals surface area contributed by atoms with E-state index in [1.165, 1.54) is 13.2 Å². The van der Waals surface area contributed by atoms with Crippen LogP contribution in [0.1, 0.15) is 22.3 Å². The van der Waals surface area contributed by atoms with Crippen LogP contribution in [0.25, 0.3) is 6.08 Å². The fourth-order valence-electron chi connectivity index (χ4n) is 3.04. The van der Waals surface area contributed by atoms with Crippen molar-refractivity contribution in [3.05, 3.63) is 61.7 Å². The lowest BCUT2D eigenvalue weighted by Crippen LogP contribution is -2.51. The molecule has 0 aliphatic carbocycles. The SMILES string of the molecule is COc1cc(C=C2C(=O)NC(=O)NC2=O)cc(I)c1OCc1cc(C)cc(C)c1. The fourth-order valence-corrected chi connectivity index (χ4v) is 3.83. The van der Waals surface area contributed by atoms with Crippen LogP contribution in [0.4, 0.5) is 4.79 Å². The number of halogens is 1. The van der Waals surface area contributed by atoms with Gasteiger partial charge in [-0.2, -0.15) is 0 Å². The van der Waals surface area contributed by atoms with E-state index < -0.39 is 17.8 Å². The van der Waals surface area contributed by atoms with Crippen molar-refractivity contribution in [3.63, 3.8) is 0 Å². The number of benzene rings is 2. The third-order valence-electron chi connectivity index (χ3n) is 4.17. The number of imide groups is 2. The highest BCUT2D eigenvalue weighted by atomic mass is 127.